The lowest BCUT2D eigenvalue weighted by atomic mass is 10.2. The molecule has 0 aliphatic carbocycles. The Hall–Kier alpha value is -3.23. The summed E-state index contributed by atoms with van der Waals surface area (Å²) in [6.45, 7) is 0.156. The second-order valence-corrected chi connectivity index (χ2v) is 7.66. The van der Waals surface area contributed by atoms with Gasteiger partial charge in [-0.2, -0.15) is 0 Å². The fourth-order valence-corrected chi connectivity index (χ4v) is 3.47. The van der Waals surface area contributed by atoms with Gasteiger partial charge in [-0.3, -0.25) is 9.78 Å². The minimum atomic E-state index is -3.69. The van der Waals surface area contributed by atoms with Crippen LogP contribution in [0.5, 0.6) is 5.75 Å². The highest BCUT2D eigenvalue weighted by molar-refractivity contribution is 7.89. The van der Waals surface area contributed by atoms with E-state index >= 15 is 0 Å². The SMILES string of the molecule is COc1cccc(NC(=O)c2ccc(S(=O)(=O)NCc3ccncc3)cc2)c1. The third-order valence-electron chi connectivity index (χ3n) is 3.97. The van der Waals surface area contributed by atoms with E-state index in [2.05, 4.69) is 15.0 Å². The Morgan fingerprint density at radius 3 is 2.43 bits per heavy atom. The predicted octanol–water partition coefficient (Wildman–Crippen LogP) is 2.82. The third kappa shape index (κ3) is 4.93. The topological polar surface area (TPSA) is 97.4 Å². The van der Waals surface area contributed by atoms with Gasteiger partial charge in [-0.15, -0.1) is 0 Å². The molecule has 0 radical (unpaired) electrons. The molecule has 0 saturated carbocycles. The lowest BCUT2D eigenvalue weighted by molar-refractivity contribution is 0.102. The Kier molecular flexibility index (Phi) is 6.03. The number of aromatic nitrogens is 1. The van der Waals surface area contributed by atoms with Crippen molar-refractivity contribution >= 4 is 21.6 Å². The number of nitrogens with zero attached hydrogens (tertiary/aromatic N) is 1. The quantitative estimate of drug-likeness (QED) is 0.639. The molecule has 0 spiro atoms. The number of carbonyl (C=O) groups is 1. The average Bonchev–Trinajstić information content (AvgIpc) is 2.73. The van der Waals surface area contributed by atoms with Crippen LogP contribution in [0.3, 0.4) is 0 Å². The Morgan fingerprint density at radius 2 is 1.75 bits per heavy atom. The summed E-state index contributed by atoms with van der Waals surface area (Å²) in [5.41, 5.74) is 1.73. The molecule has 8 heteroatoms. The fraction of sp³-hybridized carbons (Fsp3) is 0.100. The molecule has 0 unspecified atom stereocenters. The van der Waals surface area contributed by atoms with Crippen LogP contribution < -0.4 is 14.8 Å². The lowest BCUT2D eigenvalue weighted by Gasteiger charge is -2.09. The van der Waals surface area contributed by atoms with E-state index in [1.165, 1.54) is 24.3 Å². The van der Waals surface area contributed by atoms with Crippen molar-refractivity contribution in [3.05, 3.63) is 84.2 Å². The summed E-state index contributed by atoms with van der Waals surface area (Å²) in [6, 6.07) is 16.2. The monoisotopic (exact) mass is 397 g/mol. The largest absolute Gasteiger partial charge is 0.497 e. The van der Waals surface area contributed by atoms with Gasteiger partial charge in [0, 0.05) is 36.3 Å². The highest BCUT2D eigenvalue weighted by Crippen LogP contribution is 2.18. The molecule has 0 aliphatic heterocycles. The summed E-state index contributed by atoms with van der Waals surface area (Å²) in [6.07, 6.45) is 3.19. The molecular formula is C20H19N3O4S. The first kappa shape index (κ1) is 19.5. The number of amides is 1. The van der Waals surface area contributed by atoms with E-state index in [-0.39, 0.29) is 17.3 Å². The van der Waals surface area contributed by atoms with E-state index in [0.717, 1.165) is 5.56 Å². The standard InChI is InChI=1S/C20H19N3O4S/c1-27-18-4-2-3-17(13-18)23-20(24)16-5-7-19(8-6-16)28(25,26)22-14-15-9-11-21-12-10-15/h2-13,22H,14H2,1H3,(H,23,24). The second-order valence-electron chi connectivity index (χ2n) is 5.89. The molecule has 144 valence electrons. The van der Waals surface area contributed by atoms with Crippen molar-refractivity contribution in [3.63, 3.8) is 0 Å². The van der Waals surface area contributed by atoms with Gasteiger partial charge in [0.2, 0.25) is 10.0 Å². The van der Waals surface area contributed by atoms with Crippen molar-refractivity contribution in [1.82, 2.24) is 9.71 Å². The predicted molar refractivity (Wildman–Crippen MR) is 106 cm³/mol. The number of rotatable bonds is 7. The normalized spacial score (nSPS) is 11.0. The van der Waals surface area contributed by atoms with Gasteiger partial charge in [-0.05, 0) is 54.1 Å². The Morgan fingerprint density at radius 1 is 1.04 bits per heavy atom. The number of methoxy groups -OCH3 is 1. The zero-order valence-electron chi connectivity index (χ0n) is 15.1. The number of sulfonamides is 1. The van der Waals surface area contributed by atoms with Crippen LogP contribution in [-0.2, 0) is 16.6 Å². The van der Waals surface area contributed by atoms with Crippen LogP contribution >= 0.6 is 0 Å². The number of benzene rings is 2. The van der Waals surface area contributed by atoms with E-state index in [9.17, 15) is 13.2 Å². The highest BCUT2D eigenvalue weighted by atomic mass is 32.2. The summed E-state index contributed by atoms with van der Waals surface area (Å²) >= 11 is 0. The van der Waals surface area contributed by atoms with Gasteiger partial charge in [0.1, 0.15) is 5.75 Å². The minimum absolute atomic E-state index is 0.0829. The Bertz CT molecular complexity index is 1050. The first-order valence-corrected chi connectivity index (χ1v) is 9.90. The smallest absolute Gasteiger partial charge is 0.255 e. The maximum absolute atomic E-state index is 12.4. The van der Waals surface area contributed by atoms with Crippen molar-refractivity contribution in [3.8, 4) is 5.75 Å². The van der Waals surface area contributed by atoms with E-state index in [0.29, 0.717) is 17.0 Å². The van der Waals surface area contributed by atoms with Crippen molar-refractivity contribution in [2.45, 2.75) is 11.4 Å². The first-order valence-electron chi connectivity index (χ1n) is 8.42. The van der Waals surface area contributed by atoms with Crippen LogP contribution in [0.1, 0.15) is 15.9 Å². The summed E-state index contributed by atoms with van der Waals surface area (Å²) in [5, 5.41) is 2.75. The molecule has 0 bridgehead atoms. The van der Waals surface area contributed by atoms with Gasteiger partial charge in [-0.1, -0.05) is 6.07 Å². The van der Waals surface area contributed by atoms with Crippen molar-refractivity contribution in [2.75, 3.05) is 12.4 Å². The highest BCUT2D eigenvalue weighted by Gasteiger charge is 2.15. The van der Waals surface area contributed by atoms with Gasteiger partial charge in [0.15, 0.2) is 0 Å². The summed E-state index contributed by atoms with van der Waals surface area (Å²) in [4.78, 5) is 16.3. The summed E-state index contributed by atoms with van der Waals surface area (Å²) in [7, 11) is -2.14. The van der Waals surface area contributed by atoms with E-state index in [1.54, 1.807) is 55.9 Å². The maximum atomic E-state index is 12.4. The molecule has 0 aliphatic rings. The molecule has 3 aromatic rings. The molecule has 0 fully saturated rings. The molecule has 0 atom stereocenters. The van der Waals surface area contributed by atoms with Crippen molar-refractivity contribution < 1.29 is 17.9 Å². The zero-order valence-corrected chi connectivity index (χ0v) is 15.9. The van der Waals surface area contributed by atoms with Gasteiger partial charge in [0.25, 0.3) is 5.91 Å². The van der Waals surface area contributed by atoms with E-state index in [1.807, 2.05) is 0 Å². The molecular weight excluding hydrogens is 378 g/mol. The van der Waals surface area contributed by atoms with E-state index < -0.39 is 10.0 Å². The minimum Gasteiger partial charge on any atom is -0.497 e. The molecule has 2 aromatic carbocycles. The van der Waals surface area contributed by atoms with Crippen LogP contribution in [0, 0.1) is 0 Å². The molecule has 1 aromatic heterocycles. The van der Waals surface area contributed by atoms with Crippen molar-refractivity contribution in [1.29, 1.82) is 0 Å². The Balaban J connectivity index is 1.67. The van der Waals surface area contributed by atoms with Crippen LogP contribution in [-0.4, -0.2) is 26.4 Å². The number of anilines is 1. The molecule has 1 heterocycles. The van der Waals surface area contributed by atoms with Crippen LogP contribution in [0.4, 0.5) is 5.69 Å². The molecule has 7 nitrogen and oxygen atoms in total. The van der Waals surface area contributed by atoms with Gasteiger partial charge in [0.05, 0.1) is 12.0 Å². The number of pyridine rings is 1. The summed E-state index contributed by atoms with van der Waals surface area (Å²) in [5.74, 6) is 0.279. The first-order chi connectivity index (χ1) is 13.5. The van der Waals surface area contributed by atoms with Crippen LogP contribution in [0.15, 0.2) is 78.0 Å². The molecule has 28 heavy (non-hydrogen) atoms. The number of hydrogen-bond acceptors (Lipinski definition) is 5. The molecule has 0 saturated heterocycles. The maximum Gasteiger partial charge on any atom is 0.255 e. The molecule has 2 N–H and O–H groups in total. The number of carbonyl (C=O) groups excluding carboxylic acids is 1. The second kappa shape index (κ2) is 8.64. The number of nitrogens with one attached hydrogen (secondary N) is 2. The van der Waals surface area contributed by atoms with E-state index in [4.69, 9.17) is 4.74 Å². The van der Waals surface area contributed by atoms with Gasteiger partial charge >= 0.3 is 0 Å². The Labute approximate surface area is 163 Å². The molecule has 1 amide bonds. The van der Waals surface area contributed by atoms with Gasteiger partial charge < -0.3 is 10.1 Å². The summed E-state index contributed by atoms with van der Waals surface area (Å²) < 4.78 is 32.5. The fourth-order valence-electron chi connectivity index (χ4n) is 2.45. The van der Waals surface area contributed by atoms with Crippen LogP contribution in [0.25, 0.3) is 0 Å². The third-order valence-corrected chi connectivity index (χ3v) is 5.39. The lowest BCUT2D eigenvalue weighted by Crippen LogP contribution is -2.23. The number of hydrogen-bond donors (Lipinski definition) is 2. The van der Waals surface area contributed by atoms with Crippen molar-refractivity contribution in [2.24, 2.45) is 0 Å². The van der Waals surface area contributed by atoms with Gasteiger partial charge in [-0.25, -0.2) is 13.1 Å². The van der Waals surface area contributed by atoms with Crippen LogP contribution in [0.2, 0.25) is 0 Å². The average molecular weight is 397 g/mol. The zero-order chi connectivity index (χ0) is 20.0. The molecule has 3 rings (SSSR count). The number of ether oxygens (including phenoxy) is 1.